The van der Waals surface area contributed by atoms with Crippen LogP contribution < -0.4 is 10.6 Å². The van der Waals surface area contributed by atoms with E-state index in [4.69, 9.17) is 0 Å². The third-order valence-corrected chi connectivity index (χ3v) is 3.03. The first-order chi connectivity index (χ1) is 8.75. The van der Waals surface area contributed by atoms with Crippen molar-refractivity contribution in [3.63, 3.8) is 0 Å². The van der Waals surface area contributed by atoms with Crippen molar-refractivity contribution in [2.24, 2.45) is 11.3 Å². The molecule has 0 fully saturated rings. The van der Waals surface area contributed by atoms with Gasteiger partial charge in [-0.15, -0.1) is 0 Å². The predicted octanol–water partition coefficient (Wildman–Crippen LogP) is 2.52. The molecule has 0 aromatic heterocycles. The fraction of sp³-hybridized carbons (Fsp3) is 0.875. The molecule has 0 aliphatic rings. The lowest BCUT2D eigenvalue weighted by molar-refractivity contribution is -0.133. The fourth-order valence-corrected chi connectivity index (χ4v) is 2.02. The average molecular weight is 284 g/mol. The molecule has 0 spiro atoms. The molecule has 0 bridgehead atoms. The van der Waals surface area contributed by atoms with Crippen LogP contribution in [0.2, 0.25) is 0 Å². The van der Waals surface area contributed by atoms with Crippen molar-refractivity contribution in [3.8, 4) is 0 Å². The van der Waals surface area contributed by atoms with E-state index >= 15 is 0 Å². The lowest BCUT2D eigenvalue weighted by Crippen LogP contribution is -2.57. The van der Waals surface area contributed by atoms with Crippen molar-refractivity contribution < 1.29 is 9.59 Å². The Balaban J connectivity index is 4.83. The molecular formula is C16H32N2O2. The summed E-state index contributed by atoms with van der Waals surface area (Å²) in [5.41, 5.74) is -0.596. The topological polar surface area (TPSA) is 58.2 Å². The summed E-state index contributed by atoms with van der Waals surface area (Å²) in [6.45, 7) is 17.4. The number of Topliss-reactive ketones (excluding diaryl/α,β-unsaturated/α-hetero) is 1. The van der Waals surface area contributed by atoms with Crippen molar-refractivity contribution in [2.45, 2.75) is 79.9 Å². The van der Waals surface area contributed by atoms with E-state index in [1.165, 1.54) is 0 Å². The van der Waals surface area contributed by atoms with Crippen molar-refractivity contribution >= 4 is 11.7 Å². The fourth-order valence-electron chi connectivity index (χ4n) is 2.02. The molecule has 0 rings (SSSR count). The van der Waals surface area contributed by atoms with E-state index in [1.54, 1.807) is 6.92 Å². The minimum Gasteiger partial charge on any atom is -0.345 e. The maximum atomic E-state index is 12.4. The highest BCUT2D eigenvalue weighted by Gasteiger charge is 2.31. The Labute approximate surface area is 124 Å². The van der Waals surface area contributed by atoms with Crippen LogP contribution in [-0.4, -0.2) is 29.3 Å². The molecule has 0 aromatic carbocycles. The highest BCUT2D eigenvalue weighted by molar-refractivity contribution is 5.93. The first-order valence-corrected chi connectivity index (χ1v) is 7.38. The van der Waals surface area contributed by atoms with Gasteiger partial charge in [0.05, 0.1) is 12.1 Å². The number of hydrogen-bond acceptors (Lipinski definition) is 3. The monoisotopic (exact) mass is 284 g/mol. The third-order valence-electron chi connectivity index (χ3n) is 3.03. The van der Waals surface area contributed by atoms with Gasteiger partial charge < -0.3 is 10.6 Å². The van der Waals surface area contributed by atoms with Crippen LogP contribution in [-0.2, 0) is 9.59 Å². The molecule has 0 aliphatic heterocycles. The quantitative estimate of drug-likeness (QED) is 0.815. The summed E-state index contributed by atoms with van der Waals surface area (Å²) in [6, 6.07) is -0.768. The molecule has 0 saturated carbocycles. The number of hydrogen-bond donors (Lipinski definition) is 2. The SMILES string of the molecule is CC(C)[C@H](NC(C)(C)C)C(=O)N[C@@H](C)C(=O)C(C)(C)C. The van der Waals surface area contributed by atoms with Crippen molar-refractivity contribution in [2.75, 3.05) is 0 Å². The molecule has 0 heterocycles. The number of ketones is 1. The summed E-state index contributed by atoms with van der Waals surface area (Å²) in [5.74, 6) is 0.0929. The molecule has 4 heteroatoms. The first kappa shape index (κ1) is 19.1. The third kappa shape index (κ3) is 6.51. The standard InChI is InChI=1S/C16H32N2O2/c1-10(2)12(18-16(7,8)9)14(20)17-11(3)13(19)15(4,5)6/h10-12,18H,1-9H3,(H,17,20)/t11-,12-/m0/s1. The smallest absolute Gasteiger partial charge is 0.237 e. The van der Waals surface area contributed by atoms with Crippen LogP contribution in [0.25, 0.3) is 0 Å². The molecular weight excluding hydrogens is 252 g/mol. The minimum atomic E-state index is -0.467. The molecule has 118 valence electrons. The van der Waals surface area contributed by atoms with Gasteiger partial charge in [-0.25, -0.2) is 0 Å². The van der Waals surface area contributed by atoms with Crippen LogP contribution in [0.1, 0.15) is 62.3 Å². The Morgan fingerprint density at radius 3 is 1.65 bits per heavy atom. The van der Waals surface area contributed by atoms with Crippen molar-refractivity contribution in [1.29, 1.82) is 0 Å². The maximum absolute atomic E-state index is 12.4. The van der Waals surface area contributed by atoms with Gasteiger partial charge in [0.25, 0.3) is 0 Å². The van der Waals surface area contributed by atoms with Crippen LogP contribution >= 0.6 is 0 Å². The number of amides is 1. The maximum Gasteiger partial charge on any atom is 0.237 e. The number of rotatable bonds is 5. The van der Waals surface area contributed by atoms with Gasteiger partial charge in [-0.05, 0) is 33.6 Å². The Hall–Kier alpha value is -0.900. The normalized spacial score (nSPS) is 15.9. The zero-order valence-electron chi connectivity index (χ0n) is 14.5. The molecule has 0 saturated heterocycles. The summed E-state index contributed by atoms with van der Waals surface area (Å²) in [6.07, 6.45) is 0. The van der Waals surface area contributed by atoms with Gasteiger partial charge in [0.1, 0.15) is 0 Å². The molecule has 4 nitrogen and oxygen atoms in total. The molecule has 2 N–H and O–H groups in total. The zero-order valence-corrected chi connectivity index (χ0v) is 14.5. The summed E-state index contributed by atoms with van der Waals surface area (Å²) in [7, 11) is 0. The van der Waals surface area contributed by atoms with E-state index in [2.05, 4.69) is 10.6 Å². The van der Waals surface area contributed by atoms with Crippen LogP contribution in [0.5, 0.6) is 0 Å². The Morgan fingerprint density at radius 2 is 1.35 bits per heavy atom. The number of carbonyl (C=O) groups excluding carboxylic acids is 2. The zero-order chi connectivity index (χ0) is 16.3. The van der Waals surface area contributed by atoms with E-state index < -0.39 is 11.5 Å². The van der Waals surface area contributed by atoms with Gasteiger partial charge in [0.2, 0.25) is 5.91 Å². The average Bonchev–Trinajstić information content (AvgIpc) is 2.21. The van der Waals surface area contributed by atoms with Crippen LogP contribution in [0.3, 0.4) is 0 Å². The molecule has 0 aromatic rings. The molecule has 2 atom stereocenters. The number of carbonyl (C=O) groups is 2. The lowest BCUT2D eigenvalue weighted by atomic mass is 9.87. The van der Waals surface area contributed by atoms with Crippen LogP contribution in [0, 0.1) is 11.3 Å². The minimum absolute atomic E-state index is 0.0455. The second kappa shape index (κ2) is 6.70. The van der Waals surface area contributed by atoms with Crippen molar-refractivity contribution in [3.05, 3.63) is 0 Å². The molecule has 0 aliphatic carbocycles. The van der Waals surface area contributed by atoms with E-state index in [9.17, 15) is 9.59 Å². The van der Waals surface area contributed by atoms with Gasteiger partial charge in [-0.1, -0.05) is 34.6 Å². The summed E-state index contributed by atoms with van der Waals surface area (Å²) >= 11 is 0. The lowest BCUT2D eigenvalue weighted by Gasteiger charge is -2.31. The van der Waals surface area contributed by atoms with E-state index in [0.29, 0.717) is 0 Å². The van der Waals surface area contributed by atoms with E-state index in [-0.39, 0.29) is 29.2 Å². The summed E-state index contributed by atoms with van der Waals surface area (Å²) in [4.78, 5) is 24.5. The van der Waals surface area contributed by atoms with Gasteiger partial charge in [0.15, 0.2) is 5.78 Å². The number of nitrogens with one attached hydrogen (secondary N) is 2. The summed E-state index contributed by atoms with van der Waals surface area (Å²) < 4.78 is 0. The highest BCUT2D eigenvalue weighted by atomic mass is 16.2. The van der Waals surface area contributed by atoms with Crippen LogP contribution in [0.4, 0.5) is 0 Å². The molecule has 0 radical (unpaired) electrons. The predicted molar refractivity (Wildman–Crippen MR) is 83.6 cm³/mol. The van der Waals surface area contributed by atoms with Gasteiger partial charge in [0, 0.05) is 11.0 Å². The molecule has 20 heavy (non-hydrogen) atoms. The molecule has 0 unspecified atom stereocenters. The Kier molecular flexibility index (Phi) is 6.40. The Morgan fingerprint density at radius 1 is 0.900 bits per heavy atom. The van der Waals surface area contributed by atoms with Gasteiger partial charge >= 0.3 is 0 Å². The van der Waals surface area contributed by atoms with E-state index in [1.807, 2.05) is 55.4 Å². The summed E-state index contributed by atoms with van der Waals surface area (Å²) in [5, 5.41) is 6.15. The van der Waals surface area contributed by atoms with E-state index in [0.717, 1.165) is 0 Å². The highest BCUT2D eigenvalue weighted by Crippen LogP contribution is 2.17. The van der Waals surface area contributed by atoms with Gasteiger partial charge in [-0.2, -0.15) is 0 Å². The first-order valence-electron chi connectivity index (χ1n) is 7.38. The largest absolute Gasteiger partial charge is 0.345 e. The van der Waals surface area contributed by atoms with Crippen molar-refractivity contribution in [1.82, 2.24) is 10.6 Å². The van der Waals surface area contributed by atoms with Gasteiger partial charge in [-0.3, -0.25) is 9.59 Å². The Bertz CT molecular complexity index is 348. The second-order valence-corrected chi connectivity index (χ2v) is 7.96. The second-order valence-electron chi connectivity index (χ2n) is 7.96. The molecule has 1 amide bonds. The van der Waals surface area contributed by atoms with Crippen LogP contribution in [0.15, 0.2) is 0 Å².